The van der Waals surface area contributed by atoms with Crippen LogP contribution in [0.25, 0.3) is 0 Å². The monoisotopic (exact) mass is 412 g/mol. The number of carboxylic acid groups (broad SMARTS) is 1. The number of allylic oxidation sites excluding steroid dienone is 1. The summed E-state index contributed by atoms with van der Waals surface area (Å²) in [6, 6.07) is 14.2. The van der Waals surface area contributed by atoms with Gasteiger partial charge in [-0.3, -0.25) is 4.79 Å². The van der Waals surface area contributed by atoms with Gasteiger partial charge in [0.05, 0.1) is 11.7 Å². The molecule has 1 aliphatic rings. The van der Waals surface area contributed by atoms with Gasteiger partial charge in [0.1, 0.15) is 5.78 Å². The number of carboxylic acids is 1. The van der Waals surface area contributed by atoms with E-state index in [1.165, 1.54) is 0 Å². The molecular formula is C24H25ClO4. The van der Waals surface area contributed by atoms with Crippen LogP contribution >= 0.6 is 11.6 Å². The van der Waals surface area contributed by atoms with Gasteiger partial charge in [0, 0.05) is 23.8 Å². The van der Waals surface area contributed by atoms with Crippen molar-refractivity contribution in [3.05, 3.63) is 82.4 Å². The Balaban J connectivity index is 1.56. The normalized spacial score (nSPS) is 20.3. The van der Waals surface area contributed by atoms with E-state index in [0.717, 1.165) is 30.4 Å². The zero-order valence-corrected chi connectivity index (χ0v) is 16.9. The van der Waals surface area contributed by atoms with Crippen molar-refractivity contribution < 1.29 is 19.8 Å². The first-order chi connectivity index (χ1) is 13.9. The summed E-state index contributed by atoms with van der Waals surface area (Å²) in [5, 5.41) is 20.0. The Kier molecular flexibility index (Phi) is 7.24. The molecule has 2 N–H and O–H groups in total. The molecule has 1 aliphatic carbocycles. The quantitative estimate of drug-likeness (QED) is 0.615. The molecule has 2 aromatic carbocycles. The van der Waals surface area contributed by atoms with Gasteiger partial charge in [-0.15, -0.1) is 0 Å². The summed E-state index contributed by atoms with van der Waals surface area (Å²) in [6.07, 6.45) is 6.48. The Morgan fingerprint density at radius 2 is 1.93 bits per heavy atom. The third-order valence-electron chi connectivity index (χ3n) is 5.51. The molecule has 3 atom stereocenters. The van der Waals surface area contributed by atoms with Gasteiger partial charge in [0.25, 0.3) is 0 Å². The van der Waals surface area contributed by atoms with E-state index < -0.39 is 12.1 Å². The maximum Gasteiger partial charge on any atom is 0.335 e. The second-order valence-corrected chi connectivity index (χ2v) is 8.04. The third kappa shape index (κ3) is 6.02. The predicted octanol–water partition coefficient (Wildman–Crippen LogP) is 4.73. The molecule has 0 spiro atoms. The van der Waals surface area contributed by atoms with Crippen molar-refractivity contribution in [1.29, 1.82) is 0 Å². The predicted molar refractivity (Wildman–Crippen MR) is 113 cm³/mol. The average molecular weight is 413 g/mol. The first-order valence-corrected chi connectivity index (χ1v) is 10.3. The molecule has 2 aromatic rings. The van der Waals surface area contributed by atoms with E-state index in [-0.39, 0.29) is 23.2 Å². The van der Waals surface area contributed by atoms with Crippen LogP contribution < -0.4 is 0 Å². The van der Waals surface area contributed by atoms with Crippen molar-refractivity contribution in [1.82, 2.24) is 0 Å². The molecule has 0 saturated heterocycles. The van der Waals surface area contributed by atoms with Crippen molar-refractivity contribution in [3.63, 3.8) is 0 Å². The van der Waals surface area contributed by atoms with E-state index in [4.69, 9.17) is 16.7 Å². The van der Waals surface area contributed by atoms with Gasteiger partial charge >= 0.3 is 5.97 Å². The number of aliphatic hydroxyl groups excluding tert-OH is 1. The van der Waals surface area contributed by atoms with Crippen LogP contribution in [-0.2, 0) is 17.6 Å². The van der Waals surface area contributed by atoms with Crippen molar-refractivity contribution >= 4 is 23.4 Å². The van der Waals surface area contributed by atoms with Crippen LogP contribution in [0.1, 0.15) is 40.7 Å². The van der Waals surface area contributed by atoms with Crippen molar-refractivity contribution in [2.75, 3.05) is 0 Å². The molecule has 0 radical (unpaired) electrons. The molecular weight excluding hydrogens is 388 g/mol. The van der Waals surface area contributed by atoms with Crippen LogP contribution in [-0.4, -0.2) is 28.1 Å². The highest BCUT2D eigenvalue weighted by atomic mass is 35.5. The molecule has 3 unspecified atom stereocenters. The number of aryl methyl sites for hydroxylation is 1. The van der Waals surface area contributed by atoms with E-state index in [9.17, 15) is 14.7 Å². The highest BCUT2D eigenvalue weighted by molar-refractivity contribution is 6.30. The summed E-state index contributed by atoms with van der Waals surface area (Å²) in [5.41, 5.74) is 2.26. The highest BCUT2D eigenvalue weighted by Gasteiger charge is 2.32. The second kappa shape index (κ2) is 9.86. The van der Waals surface area contributed by atoms with E-state index in [1.54, 1.807) is 24.3 Å². The van der Waals surface area contributed by atoms with Crippen LogP contribution in [0.5, 0.6) is 0 Å². The minimum Gasteiger partial charge on any atom is -0.478 e. The summed E-state index contributed by atoms with van der Waals surface area (Å²) in [6.45, 7) is 0. The number of hydrogen-bond acceptors (Lipinski definition) is 3. The number of Topliss-reactive ketones (excluding diaryl/α,β-unsaturated/α-hetero) is 1. The summed E-state index contributed by atoms with van der Waals surface area (Å²) in [5.74, 6) is -0.589. The van der Waals surface area contributed by atoms with Gasteiger partial charge < -0.3 is 10.2 Å². The Morgan fingerprint density at radius 1 is 1.17 bits per heavy atom. The number of carbonyl (C=O) groups excluding carboxylic acids is 1. The van der Waals surface area contributed by atoms with Gasteiger partial charge in [-0.2, -0.15) is 0 Å². The van der Waals surface area contributed by atoms with Crippen LogP contribution in [0.15, 0.2) is 60.7 Å². The average Bonchev–Trinajstić information content (AvgIpc) is 3.04. The van der Waals surface area contributed by atoms with Crippen LogP contribution in [0.3, 0.4) is 0 Å². The molecule has 0 bridgehead atoms. The van der Waals surface area contributed by atoms with E-state index >= 15 is 0 Å². The van der Waals surface area contributed by atoms with Crippen LogP contribution in [0, 0.1) is 11.8 Å². The smallest absolute Gasteiger partial charge is 0.335 e. The summed E-state index contributed by atoms with van der Waals surface area (Å²) in [7, 11) is 0. The minimum absolute atomic E-state index is 0.0521. The fourth-order valence-electron chi connectivity index (χ4n) is 3.92. The Bertz CT molecular complexity index is 888. The zero-order chi connectivity index (χ0) is 20.8. The number of halogens is 1. The first-order valence-electron chi connectivity index (χ1n) is 9.88. The van der Waals surface area contributed by atoms with E-state index in [2.05, 4.69) is 0 Å². The standard InChI is InChI=1S/C24H25ClO4/c25-20-3-1-2-17(14-20)15-21(26)11-9-18-10-13-23(27)22(18)12-6-16-4-7-19(8-5-16)24(28)29/h1-5,7-9,11,14,18,21-22,26H,6,10,12-13,15H2,(H,28,29). The number of benzene rings is 2. The van der Waals surface area contributed by atoms with E-state index in [1.807, 2.05) is 36.4 Å². The van der Waals surface area contributed by atoms with Crippen molar-refractivity contribution in [2.45, 2.75) is 38.2 Å². The van der Waals surface area contributed by atoms with Gasteiger partial charge in [-0.05, 0) is 60.6 Å². The molecule has 0 heterocycles. The lowest BCUT2D eigenvalue weighted by Gasteiger charge is -2.16. The van der Waals surface area contributed by atoms with Crippen molar-refractivity contribution in [3.8, 4) is 0 Å². The topological polar surface area (TPSA) is 74.6 Å². The molecule has 0 amide bonds. The number of hydrogen-bond donors (Lipinski definition) is 2. The molecule has 29 heavy (non-hydrogen) atoms. The number of rotatable bonds is 8. The molecule has 3 rings (SSSR count). The van der Waals surface area contributed by atoms with E-state index in [0.29, 0.717) is 17.9 Å². The van der Waals surface area contributed by atoms with Gasteiger partial charge in [0.15, 0.2) is 0 Å². The van der Waals surface area contributed by atoms with Gasteiger partial charge in [-0.1, -0.05) is 48.0 Å². The van der Waals surface area contributed by atoms with Crippen LogP contribution in [0.4, 0.5) is 0 Å². The number of aliphatic hydroxyl groups is 1. The zero-order valence-electron chi connectivity index (χ0n) is 16.1. The Morgan fingerprint density at radius 3 is 2.62 bits per heavy atom. The van der Waals surface area contributed by atoms with Gasteiger partial charge in [-0.25, -0.2) is 4.79 Å². The fraction of sp³-hybridized carbons (Fsp3) is 0.333. The summed E-state index contributed by atoms with van der Waals surface area (Å²) < 4.78 is 0. The fourth-order valence-corrected chi connectivity index (χ4v) is 4.13. The summed E-state index contributed by atoms with van der Waals surface area (Å²) in [4.78, 5) is 23.3. The largest absolute Gasteiger partial charge is 0.478 e. The molecule has 5 heteroatoms. The molecule has 0 aliphatic heterocycles. The number of ketones is 1. The first kappa shape index (κ1) is 21.3. The highest BCUT2D eigenvalue weighted by Crippen LogP contribution is 2.33. The lowest BCUT2D eigenvalue weighted by Crippen LogP contribution is -2.15. The molecule has 1 saturated carbocycles. The summed E-state index contributed by atoms with van der Waals surface area (Å²) >= 11 is 5.99. The van der Waals surface area contributed by atoms with Crippen LogP contribution in [0.2, 0.25) is 5.02 Å². The lowest BCUT2D eigenvalue weighted by atomic mass is 9.88. The Hall–Kier alpha value is -2.43. The number of carbonyl (C=O) groups is 2. The number of aromatic carboxylic acids is 1. The Labute approximate surface area is 175 Å². The maximum absolute atomic E-state index is 12.3. The van der Waals surface area contributed by atoms with Gasteiger partial charge in [0.2, 0.25) is 0 Å². The van der Waals surface area contributed by atoms with Crippen molar-refractivity contribution in [2.24, 2.45) is 11.8 Å². The molecule has 1 fully saturated rings. The second-order valence-electron chi connectivity index (χ2n) is 7.60. The lowest BCUT2D eigenvalue weighted by molar-refractivity contribution is -0.121. The molecule has 152 valence electrons. The maximum atomic E-state index is 12.3. The third-order valence-corrected chi connectivity index (χ3v) is 5.75. The minimum atomic E-state index is -0.941. The molecule has 0 aromatic heterocycles. The molecule has 4 nitrogen and oxygen atoms in total. The SMILES string of the molecule is O=C(O)c1ccc(CCC2C(=O)CCC2C=CC(O)Cc2cccc(Cl)c2)cc1.